The molecule has 0 saturated carbocycles. The number of rotatable bonds is 8. The van der Waals surface area contributed by atoms with E-state index in [0.717, 1.165) is 29.4 Å². The Morgan fingerprint density at radius 2 is 1.94 bits per heavy atom. The zero-order valence-electron chi connectivity index (χ0n) is 20.0. The summed E-state index contributed by atoms with van der Waals surface area (Å²) in [4.78, 5) is 32.4. The largest absolute Gasteiger partial charge is 0.352 e. The summed E-state index contributed by atoms with van der Waals surface area (Å²) in [6.45, 7) is 6.59. The van der Waals surface area contributed by atoms with Gasteiger partial charge in [-0.2, -0.15) is 4.98 Å². The Morgan fingerprint density at radius 3 is 2.71 bits per heavy atom. The number of halogens is 1. The van der Waals surface area contributed by atoms with Gasteiger partial charge in [0.25, 0.3) is 5.91 Å². The number of benzene rings is 2. The summed E-state index contributed by atoms with van der Waals surface area (Å²) in [7, 11) is 0. The SMILES string of the molecule is CC(C)CNC(=O)c1ccccc1NC(=O)C1CCCN(Cc2nc(-c3ccc(Br)cc3)no2)C1. The van der Waals surface area contributed by atoms with Gasteiger partial charge in [0, 0.05) is 23.1 Å². The van der Waals surface area contributed by atoms with Crippen LogP contribution in [0.1, 0.15) is 42.9 Å². The number of amides is 2. The minimum atomic E-state index is -0.190. The number of nitrogens with zero attached hydrogens (tertiary/aromatic N) is 3. The molecule has 9 heteroatoms. The molecule has 0 spiro atoms. The molecule has 1 atom stereocenters. The topological polar surface area (TPSA) is 100 Å². The van der Waals surface area contributed by atoms with E-state index in [2.05, 4.69) is 41.6 Å². The van der Waals surface area contributed by atoms with E-state index >= 15 is 0 Å². The van der Waals surface area contributed by atoms with Gasteiger partial charge in [0.15, 0.2) is 0 Å². The van der Waals surface area contributed by atoms with Gasteiger partial charge in [-0.1, -0.05) is 47.1 Å². The Labute approximate surface area is 213 Å². The number of para-hydroxylation sites is 1. The average molecular weight is 540 g/mol. The van der Waals surface area contributed by atoms with Gasteiger partial charge in [-0.05, 0) is 61.7 Å². The summed E-state index contributed by atoms with van der Waals surface area (Å²) in [5.74, 6) is 0.961. The third kappa shape index (κ3) is 6.76. The molecule has 0 radical (unpaired) electrons. The smallest absolute Gasteiger partial charge is 0.253 e. The lowest BCUT2D eigenvalue weighted by Gasteiger charge is -2.31. The van der Waals surface area contributed by atoms with Crippen LogP contribution in [0.25, 0.3) is 11.4 Å². The zero-order valence-corrected chi connectivity index (χ0v) is 21.5. The molecule has 1 fully saturated rings. The number of carbonyl (C=O) groups excluding carboxylic acids is 2. The third-order valence-corrected chi connectivity index (χ3v) is 6.43. The molecular weight excluding hydrogens is 510 g/mol. The standard InChI is InChI=1S/C26H30BrN5O3/c1-17(2)14-28-26(34)21-7-3-4-8-22(21)29-25(33)19-6-5-13-32(15-19)16-23-30-24(31-35-23)18-9-11-20(27)12-10-18/h3-4,7-12,17,19H,5-6,13-16H2,1-2H3,(H,28,34)(H,29,33). The van der Waals surface area contributed by atoms with Gasteiger partial charge in [-0.25, -0.2) is 0 Å². The molecule has 35 heavy (non-hydrogen) atoms. The summed E-state index contributed by atoms with van der Waals surface area (Å²) in [5.41, 5.74) is 1.89. The molecule has 2 N–H and O–H groups in total. The molecular formula is C26H30BrN5O3. The quantitative estimate of drug-likeness (QED) is 0.429. The minimum absolute atomic E-state index is 0.0834. The van der Waals surface area contributed by atoms with Crippen molar-refractivity contribution < 1.29 is 14.1 Å². The van der Waals surface area contributed by atoms with Gasteiger partial charge in [-0.3, -0.25) is 14.5 Å². The van der Waals surface area contributed by atoms with E-state index in [4.69, 9.17) is 4.52 Å². The molecule has 1 unspecified atom stereocenters. The second kappa shape index (κ2) is 11.6. The van der Waals surface area contributed by atoms with Crippen molar-refractivity contribution in [1.29, 1.82) is 0 Å². The second-order valence-electron chi connectivity index (χ2n) is 9.23. The van der Waals surface area contributed by atoms with Crippen molar-refractivity contribution in [2.45, 2.75) is 33.2 Å². The first-order valence-corrected chi connectivity index (χ1v) is 12.7. The predicted molar refractivity (Wildman–Crippen MR) is 138 cm³/mol. The van der Waals surface area contributed by atoms with E-state index in [9.17, 15) is 9.59 Å². The van der Waals surface area contributed by atoms with E-state index in [0.29, 0.717) is 48.5 Å². The summed E-state index contributed by atoms with van der Waals surface area (Å²) < 4.78 is 6.45. The Hall–Kier alpha value is -3.04. The fourth-order valence-corrected chi connectivity index (χ4v) is 4.32. The molecule has 3 aromatic rings. The number of likely N-dealkylation sites (tertiary alicyclic amines) is 1. The van der Waals surface area contributed by atoms with Crippen LogP contribution in [0, 0.1) is 11.8 Å². The van der Waals surface area contributed by atoms with E-state index in [1.807, 2.05) is 44.2 Å². The molecule has 1 saturated heterocycles. The van der Waals surface area contributed by atoms with Crippen molar-refractivity contribution in [3.05, 3.63) is 64.5 Å². The van der Waals surface area contributed by atoms with Crippen LogP contribution in [-0.4, -0.2) is 46.5 Å². The lowest BCUT2D eigenvalue weighted by Crippen LogP contribution is -2.40. The number of aromatic nitrogens is 2. The highest BCUT2D eigenvalue weighted by Gasteiger charge is 2.28. The predicted octanol–water partition coefficient (Wildman–Crippen LogP) is 4.74. The number of anilines is 1. The molecule has 1 aliphatic rings. The molecule has 1 aliphatic heterocycles. The van der Waals surface area contributed by atoms with E-state index in [1.165, 1.54) is 0 Å². The van der Waals surface area contributed by atoms with Crippen molar-refractivity contribution in [2.75, 3.05) is 25.0 Å². The lowest BCUT2D eigenvalue weighted by atomic mass is 9.96. The first kappa shape index (κ1) is 25.1. The van der Waals surface area contributed by atoms with E-state index in [-0.39, 0.29) is 17.7 Å². The molecule has 1 aromatic heterocycles. The van der Waals surface area contributed by atoms with Gasteiger partial charge in [-0.15, -0.1) is 0 Å². The summed E-state index contributed by atoms with van der Waals surface area (Å²) in [5, 5.41) is 10.00. The van der Waals surface area contributed by atoms with Crippen LogP contribution >= 0.6 is 15.9 Å². The molecule has 0 aliphatic carbocycles. The number of carbonyl (C=O) groups is 2. The van der Waals surface area contributed by atoms with Crippen LogP contribution in [0.5, 0.6) is 0 Å². The molecule has 2 aromatic carbocycles. The summed E-state index contributed by atoms with van der Waals surface area (Å²) >= 11 is 3.43. The zero-order chi connectivity index (χ0) is 24.8. The first-order valence-electron chi connectivity index (χ1n) is 11.9. The second-order valence-corrected chi connectivity index (χ2v) is 10.1. The molecule has 4 rings (SSSR count). The van der Waals surface area contributed by atoms with Gasteiger partial charge in [0.05, 0.1) is 23.7 Å². The van der Waals surface area contributed by atoms with Crippen LogP contribution in [0.15, 0.2) is 57.5 Å². The lowest BCUT2D eigenvalue weighted by molar-refractivity contribution is -0.121. The van der Waals surface area contributed by atoms with Crippen LogP contribution in [0.3, 0.4) is 0 Å². The van der Waals surface area contributed by atoms with E-state index in [1.54, 1.807) is 18.2 Å². The number of piperidine rings is 1. The number of nitrogens with one attached hydrogen (secondary N) is 2. The van der Waals surface area contributed by atoms with Crippen molar-refractivity contribution in [3.8, 4) is 11.4 Å². The van der Waals surface area contributed by atoms with Crippen molar-refractivity contribution in [2.24, 2.45) is 11.8 Å². The fraction of sp³-hybridized carbons (Fsp3) is 0.385. The molecule has 0 bridgehead atoms. The van der Waals surface area contributed by atoms with Crippen LogP contribution in [0.2, 0.25) is 0 Å². The Morgan fingerprint density at radius 1 is 1.17 bits per heavy atom. The monoisotopic (exact) mass is 539 g/mol. The first-order chi connectivity index (χ1) is 16.9. The molecule has 8 nitrogen and oxygen atoms in total. The van der Waals surface area contributed by atoms with Crippen molar-refractivity contribution in [3.63, 3.8) is 0 Å². The molecule has 2 amide bonds. The highest BCUT2D eigenvalue weighted by molar-refractivity contribution is 9.10. The fourth-order valence-electron chi connectivity index (χ4n) is 4.06. The maximum absolute atomic E-state index is 13.1. The Balaban J connectivity index is 1.36. The Bertz CT molecular complexity index is 1160. The Kier molecular flexibility index (Phi) is 8.30. The van der Waals surface area contributed by atoms with Gasteiger partial charge in [0.2, 0.25) is 17.6 Å². The summed E-state index contributed by atoms with van der Waals surface area (Å²) in [6.07, 6.45) is 1.68. The highest BCUT2D eigenvalue weighted by Crippen LogP contribution is 2.23. The summed E-state index contributed by atoms with van der Waals surface area (Å²) in [6, 6.07) is 14.9. The maximum atomic E-state index is 13.1. The van der Waals surface area contributed by atoms with E-state index < -0.39 is 0 Å². The van der Waals surface area contributed by atoms with Gasteiger partial charge < -0.3 is 15.2 Å². The molecule has 184 valence electrons. The normalized spacial score (nSPS) is 16.3. The number of hydrogen-bond acceptors (Lipinski definition) is 6. The van der Waals surface area contributed by atoms with Crippen LogP contribution in [0.4, 0.5) is 5.69 Å². The van der Waals surface area contributed by atoms with Gasteiger partial charge >= 0.3 is 0 Å². The van der Waals surface area contributed by atoms with Crippen molar-refractivity contribution in [1.82, 2.24) is 20.4 Å². The van der Waals surface area contributed by atoms with Crippen LogP contribution < -0.4 is 10.6 Å². The molecule has 2 heterocycles. The van der Waals surface area contributed by atoms with Crippen LogP contribution in [-0.2, 0) is 11.3 Å². The number of hydrogen-bond donors (Lipinski definition) is 2. The van der Waals surface area contributed by atoms with Crippen molar-refractivity contribution >= 4 is 33.4 Å². The maximum Gasteiger partial charge on any atom is 0.253 e. The average Bonchev–Trinajstić information content (AvgIpc) is 3.32. The third-order valence-electron chi connectivity index (χ3n) is 5.91. The highest BCUT2D eigenvalue weighted by atomic mass is 79.9. The minimum Gasteiger partial charge on any atom is -0.352 e. The van der Waals surface area contributed by atoms with Gasteiger partial charge in [0.1, 0.15) is 0 Å².